The number of fused-ring (bicyclic) bond motifs is 1. The second kappa shape index (κ2) is 6.86. The fourth-order valence-corrected chi connectivity index (χ4v) is 3.18. The molecule has 9 heteroatoms. The lowest BCUT2D eigenvalue weighted by molar-refractivity contribution is -0.122. The maximum Gasteiger partial charge on any atom is 0.263 e. The molecule has 1 aromatic carbocycles. The van der Waals surface area contributed by atoms with Crippen molar-refractivity contribution in [3.05, 3.63) is 29.8 Å². The van der Waals surface area contributed by atoms with Gasteiger partial charge in [0.05, 0.1) is 4.90 Å². The number of rotatable bonds is 4. The van der Waals surface area contributed by atoms with Crippen LogP contribution in [0.2, 0.25) is 0 Å². The molecule has 2 rings (SSSR count). The molecule has 0 bridgehead atoms. The number of hydrogen-bond donors (Lipinski definition) is 3. The molecule has 1 aromatic rings. The zero-order valence-electron chi connectivity index (χ0n) is 13.2. The second-order valence-corrected chi connectivity index (χ2v) is 7.61. The van der Waals surface area contributed by atoms with E-state index >= 15 is 0 Å². The Balaban J connectivity index is 0.00000264. The van der Waals surface area contributed by atoms with Crippen LogP contribution >= 0.6 is 12.4 Å². The van der Waals surface area contributed by atoms with Crippen molar-refractivity contribution in [2.24, 2.45) is 10.7 Å². The highest BCUT2D eigenvalue weighted by Gasteiger charge is 2.31. The summed E-state index contributed by atoms with van der Waals surface area (Å²) in [6.07, 6.45) is 0. The minimum absolute atomic E-state index is 0. The number of nitrogens with two attached hydrogens (primary N) is 1. The maximum atomic E-state index is 12.0. The van der Waals surface area contributed by atoms with E-state index in [0.717, 1.165) is 0 Å². The first-order chi connectivity index (χ1) is 10.1. The minimum Gasteiger partial charge on any atom is -0.352 e. The van der Waals surface area contributed by atoms with E-state index in [-0.39, 0.29) is 29.0 Å². The number of amidine groups is 1. The highest BCUT2D eigenvalue weighted by molar-refractivity contribution is 7.90. The van der Waals surface area contributed by atoms with Crippen molar-refractivity contribution in [2.45, 2.75) is 37.2 Å². The zero-order chi connectivity index (χ0) is 16.5. The molecule has 0 radical (unpaired) electrons. The number of benzene rings is 1. The van der Waals surface area contributed by atoms with Gasteiger partial charge >= 0.3 is 0 Å². The summed E-state index contributed by atoms with van der Waals surface area (Å²) >= 11 is 0. The normalized spacial score (nSPS) is 18.5. The van der Waals surface area contributed by atoms with Gasteiger partial charge in [-0.3, -0.25) is 14.5 Å². The fourth-order valence-electron chi connectivity index (χ4n) is 1.94. The van der Waals surface area contributed by atoms with Gasteiger partial charge in [0, 0.05) is 17.6 Å². The summed E-state index contributed by atoms with van der Waals surface area (Å²) in [7, 11) is -3.59. The topological polar surface area (TPSA) is 114 Å². The molecule has 0 aliphatic carbocycles. The zero-order valence-corrected chi connectivity index (χ0v) is 14.8. The van der Waals surface area contributed by atoms with E-state index in [4.69, 9.17) is 5.73 Å². The molecule has 7 nitrogen and oxygen atoms in total. The third kappa shape index (κ3) is 4.66. The van der Waals surface area contributed by atoms with Crippen LogP contribution in [-0.4, -0.2) is 38.3 Å². The molecule has 1 aliphatic heterocycles. The quantitative estimate of drug-likeness (QED) is 0.720. The summed E-state index contributed by atoms with van der Waals surface area (Å²) in [6, 6.07) is 5.78. The lowest BCUT2D eigenvalue weighted by Crippen LogP contribution is -2.47. The van der Waals surface area contributed by atoms with Crippen molar-refractivity contribution in [1.29, 1.82) is 0 Å². The predicted molar refractivity (Wildman–Crippen MR) is 91.3 cm³/mol. The van der Waals surface area contributed by atoms with Gasteiger partial charge in [0.2, 0.25) is 5.91 Å². The van der Waals surface area contributed by atoms with Gasteiger partial charge in [0.25, 0.3) is 10.0 Å². The maximum absolute atomic E-state index is 12.0. The first kappa shape index (κ1) is 19.4. The predicted octanol–water partition coefficient (Wildman–Crippen LogP) is 0.389. The number of nitrogens with one attached hydrogen (secondary N) is 2. The summed E-state index contributed by atoms with van der Waals surface area (Å²) < 4.78 is 26.3. The molecular weight excluding hydrogens is 340 g/mol. The molecule has 1 heterocycles. The van der Waals surface area contributed by atoms with Crippen LogP contribution in [0.15, 0.2) is 34.2 Å². The van der Waals surface area contributed by atoms with E-state index in [0.29, 0.717) is 12.1 Å². The van der Waals surface area contributed by atoms with Gasteiger partial charge in [0.1, 0.15) is 11.9 Å². The Labute approximate surface area is 142 Å². The van der Waals surface area contributed by atoms with E-state index in [1.54, 1.807) is 39.0 Å². The Morgan fingerprint density at radius 2 is 2.00 bits per heavy atom. The van der Waals surface area contributed by atoms with Crippen molar-refractivity contribution >= 4 is 34.2 Å². The number of carbonyl (C=O) groups excluding carboxylic acids is 1. The van der Waals surface area contributed by atoms with E-state index < -0.39 is 21.6 Å². The van der Waals surface area contributed by atoms with Crippen molar-refractivity contribution in [1.82, 2.24) is 10.0 Å². The standard InChI is InChI=1S/C14H20N4O3S.ClH/c1-9(13(19)16-8-14(2,3)15)17-12-10-6-4-5-7-11(10)22(20,21)18-12;/h4-7,9H,8,15H2,1-3H3,(H,16,19)(H,17,18);1H. The number of carbonyl (C=O) groups is 1. The molecule has 0 saturated carbocycles. The van der Waals surface area contributed by atoms with Crippen LogP contribution in [0, 0.1) is 0 Å². The van der Waals surface area contributed by atoms with E-state index in [9.17, 15) is 13.2 Å². The fraction of sp³-hybridized carbons (Fsp3) is 0.429. The monoisotopic (exact) mass is 360 g/mol. The number of sulfonamides is 1. The van der Waals surface area contributed by atoms with Crippen LogP contribution < -0.4 is 15.8 Å². The molecule has 0 spiro atoms. The third-order valence-electron chi connectivity index (χ3n) is 3.08. The smallest absolute Gasteiger partial charge is 0.263 e. The molecule has 1 amide bonds. The Bertz CT molecular complexity index is 726. The van der Waals surface area contributed by atoms with Crippen LogP contribution in [0.4, 0.5) is 0 Å². The lowest BCUT2D eigenvalue weighted by Gasteiger charge is -2.19. The number of nitrogens with zero attached hydrogens (tertiary/aromatic N) is 1. The van der Waals surface area contributed by atoms with Gasteiger partial charge in [-0.15, -0.1) is 12.4 Å². The second-order valence-electron chi connectivity index (χ2n) is 5.96. The SMILES string of the molecule is CC(N=C1NS(=O)(=O)c2ccccc21)C(=O)NCC(C)(C)N.Cl. The Morgan fingerprint density at radius 1 is 1.39 bits per heavy atom. The van der Waals surface area contributed by atoms with Gasteiger partial charge in [-0.05, 0) is 32.9 Å². The van der Waals surface area contributed by atoms with Crippen LogP contribution in [0.1, 0.15) is 26.3 Å². The summed E-state index contributed by atoms with van der Waals surface area (Å²) in [4.78, 5) is 16.4. The highest BCUT2D eigenvalue weighted by Crippen LogP contribution is 2.22. The van der Waals surface area contributed by atoms with E-state index in [1.165, 1.54) is 6.07 Å². The molecule has 1 atom stereocenters. The van der Waals surface area contributed by atoms with Crippen molar-refractivity contribution in [3.8, 4) is 0 Å². The van der Waals surface area contributed by atoms with Crippen LogP contribution in [0.3, 0.4) is 0 Å². The average Bonchev–Trinajstić information content (AvgIpc) is 2.67. The number of halogens is 1. The Kier molecular flexibility index (Phi) is 5.79. The molecule has 0 aromatic heterocycles. The van der Waals surface area contributed by atoms with Gasteiger partial charge in [-0.1, -0.05) is 12.1 Å². The molecule has 128 valence electrons. The minimum atomic E-state index is -3.59. The third-order valence-corrected chi connectivity index (χ3v) is 4.48. The van der Waals surface area contributed by atoms with Gasteiger partial charge in [-0.2, -0.15) is 0 Å². The molecule has 23 heavy (non-hydrogen) atoms. The van der Waals surface area contributed by atoms with E-state index in [2.05, 4.69) is 15.0 Å². The molecule has 0 fully saturated rings. The van der Waals surface area contributed by atoms with Crippen LogP contribution in [0.25, 0.3) is 0 Å². The van der Waals surface area contributed by atoms with Crippen molar-refractivity contribution in [3.63, 3.8) is 0 Å². The van der Waals surface area contributed by atoms with Crippen LogP contribution in [-0.2, 0) is 14.8 Å². The molecule has 1 aliphatic rings. The van der Waals surface area contributed by atoms with Gasteiger partial charge in [-0.25, -0.2) is 8.42 Å². The van der Waals surface area contributed by atoms with Crippen molar-refractivity contribution in [2.75, 3.05) is 6.54 Å². The summed E-state index contributed by atoms with van der Waals surface area (Å²) in [5.74, 6) is -0.125. The number of hydrogen-bond acceptors (Lipinski definition) is 5. The Hall–Kier alpha value is -1.64. The largest absolute Gasteiger partial charge is 0.352 e. The lowest BCUT2D eigenvalue weighted by atomic mass is 10.1. The average molecular weight is 361 g/mol. The number of aliphatic imine (C=N–C) groups is 1. The van der Waals surface area contributed by atoms with Crippen LogP contribution in [0.5, 0.6) is 0 Å². The first-order valence-corrected chi connectivity index (χ1v) is 8.35. The van der Waals surface area contributed by atoms with Gasteiger partial charge < -0.3 is 11.1 Å². The van der Waals surface area contributed by atoms with Crippen molar-refractivity contribution < 1.29 is 13.2 Å². The summed E-state index contributed by atoms with van der Waals surface area (Å²) in [5.41, 5.74) is 5.75. The summed E-state index contributed by atoms with van der Waals surface area (Å²) in [5, 5.41) is 2.69. The Morgan fingerprint density at radius 3 is 2.61 bits per heavy atom. The molecule has 0 saturated heterocycles. The van der Waals surface area contributed by atoms with Gasteiger partial charge in [0.15, 0.2) is 0 Å². The summed E-state index contributed by atoms with van der Waals surface area (Å²) in [6.45, 7) is 5.50. The number of amides is 1. The molecular formula is C14H21ClN4O3S. The molecule has 1 unspecified atom stereocenters. The first-order valence-electron chi connectivity index (χ1n) is 6.87. The highest BCUT2D eigenvalue weighted by atomic mass is 35.5. The molecule has 4 N–H and O–H groups in total. The van der Waals surface area contributed by atoms with E-state index in [1.807, 2.05) is 0 Å².